The first kappa shape index (κ1) is 22.7. The van der Waals surface area contributed by atoms with Gasteiger partial charge in [0.1, 0.15) is 11.5 Å². The first-order valence-corrected chi connectivity index (χ1v) is 11.9. The van der Waals surface area contributed by atoms with E-state index in [1.807, 2.05) is 43.5 Å². The van der Waals surface area contributed by atoms with Gasteiger partial charge in [-0.3, -0.25) is 4.79 Å². The molecular formula is C26H30N8O. The highest BCUT2D eigenvalue weighted by atomic mass is 16.1. The van der Waals surface area contributed by atoms with E-state index in [0.29, 0.717) is 18.2 Å². The molecule has 0 aliphatic carbocycles. The Hall–Kier alpha value is -4.11. The molecule has 0 unspecified atom stereocenters. The zero-order valence-electron chi connectivity index (χ0n) is 20.0. The van der Waals surface area contributed by atoms with Crippen LogP contribution in [0.3, 0.4) is 0 Å². The first-order chi connectivity index (χ1) is 17.1. The van der Waals surface area contributed by atoms with Gasteiger partial charge >= 0.3 is 0 Å². The largest absolute Gasteiger partial charge is 0.369 e. The number of fused-ring (bicyclic) bond motifs is 1. The number of benzene rings is 2. The average molecular weight is 471 g/mol. The van der Waals surface area contributed by atoms with Crippen LogP contribution in [0.1, 0.15) is 13.3 Å². The number of aromatic nitrogens is 3. The number of hydrogen-bond acceptors (Lipinski definition) is 7. The van der Waals surface area contributed by atoms with Crippen molar-refractivity contribution < 1.29 is 4.79 Å². The van der Waals surface area contributed by atoms with E-state index < -0.39 is 0 Å². The summed E-state index contributed by atoms with van der Waals surface area (Å²) in [6.07, 6.45) is 2.27. The lowest BCUT2D eigenvalue weighted by Gasteiger charge is -2.34. The molecule has 1 amide bonds. The van der Waals surface area contributed by atoms with Crippen molar-refractivity contribution >= 4 is 51.5 Å². The Morgan fingerprint density at radius 1 is 0.943 bits per heavy atom. The van der Waals surface area contributed by atoms with Crippen LogP contribution in [0.2, 0.25) is 0 Å². The molecule has 9 nitrogen and oxygen atoms in total. The molecule has 1 fully saturated rings. The molecule has 4 aromatic rings. The number of rotatable bonds is 7. The van der Waals surface area contributed by atoms with Crippen LogP contribution in [0.15, 0.2) is 60.8 Å². The summed E-state index contributed by atoms with van der Waals surface area (Å²) in [5.41, 5.74) is 4.43. The van der Waals surface area contributed by atoms with Crippen molar-refractivity contribution in [3.8, 4) is 0 Å². The summed E-state index contributed by atoms with van der Waals surface area (Å²) in [5.74, 6) is 1.14. The third kappa shape index (κ3) is 5.36. The van der Waals surface area contributed by atoms with E-state index in [2.05, 4.69) is 67.0 Å². The quantitative estimate of drug-likeness (QED) is 0.314. The summed E-state index contributed by atoms with van der Waals surface area (Å²) in [6, 6.07) is 17.9. The number of anilines is 6. The predicted molar refractivity (Wildman–Crippen MR) is 142 cm³/mol. The SMILES string of the molecule is CCC(=O)Nc1cccc(Nc2nc(Nc3ccc(N4CCN(C)CC4)cc3)nc3[nH]ccc23)c1. The van der Waals surface area contributed by atoms with Crippen LogP contribution in [0.4, 0.5) is 34.5 Å². The highest BCUT2D eigenvalue weighted by Crippen LogP contribution is 2.28. The zero-order chi connectivity index (χ0) is 24.2. The number of carbonyl (C=O) groups excluding carboxylic acids is 1. The van der Waals surface area contributed by atoms with Crippen molar-refractivity contribution in [2.24, 2.45) is 0 Å². The summed E-state index contributed by atoms with van der Waals surface area (Å²) in [6.45, 7) is 6.05. The van der Waals surface area contributed by atoms with E-state index in [9.17, 15) is 4.79 Å². The zero-order valence-corrected chi connectivity index (χ0v) is 20.0. The van der Waals surface area contributed by atoms with Gasteiger partial charge in [0.05, 0.1) is 5.39 Å². The second-order valence-corrected chi connectivity index (χ2v) is 8.71. The lowest BCUT2D eigenvalue weighted by molar-refractivity contribution is -0.115. The van der Waals surface area contributed by atoms with Crippen LogP contribution >= 0.6 is 0 Å². The molecule has 35 heavy (non-hydrogen) atoms. The predicted octanol–water partition coefficient (Wildman–Crippen LogP) is 4.55. The van der Waals surface area contributed by atoms with Gasteiger partial charge in [0.15, 0.2) is 0 Å². The molecule has 1 saturated heterocycles. The number of piperazine rings is 1. The van der Waals surface area contributed by atoms with Gasteiger partial charge in [-0.1, -0.05) is 13.0 Å². The molecule has 2 aromatic carbocycles. The molecule has 1 aliphatic heterocycles. The summed E-state index contributed by atoms with van der Waals surface area (Å²) in [4.78, 5) is 29.1. The molecule has 0 radical (unpaired) electrons. The summed E-state index contributed by atoms with van der Waals surface area (Å²) >= 11 is 0. The second-order valence-electron chi connectivity index (χ2n) is 8.71. The lowest BCUT2D eigenvalue weighted by atomic mass is 10.2. The Bertz CT molecular complexity index is 1310. The third-order valence-electron chi connectivity index (χ3n) is 6.14. The third-order valence-corrected chi connectivity index (χ3v) is 6.14. The molecule has 2 aromatic heterocycles. The van der Waals surface area contributed by atoms with Crippen molar-refractivity contribution in [3.05, 3.63) is 60.8 Å². The maximum atomic E-state index is 11.8. The monoisotopic (exact) mass is 470 g/mol. The highest BCUT2D eigenvalue weighted by Gasteiger charge is 2.14. The number of aromatic amines is 1. The Kier molecular flexibility index (Phi) is 6.49. The lowest BCUT2D eigenvalue weighted by Crippen LogP contribution is -2.44. The second kappa shape index (κ2) is 10.0. The van der Waals surface area contributed by atoms with Gasteiger partial charge in [0.2, 0.25) is 11.9 Å². The Morgan fingerprint density at radius 3 is 2.49 bits per heavy atom. The molecule has 4 N–H and O–H groups in total. The highest BCUT2D eigenvalue weighted by molar-refractivity contribution is 5.92. The van der Waals surface area contributed by atoms with Crippen LogP contribution in [-0.4, -0.2) is 59.0 Å². The van der Waals surface area contributed by atoms with Crippen molar-refractivity contribution in [1.82, 2.24) is 19.9 Å². The van der Waals surface area contributed by atoms with Gasteiger partial charge in [-0.05, 0) is 55.6 Å². The van der Waals surface area contributed by atoms with Crippen LogP contribution < -0.4 is 20.9 Å². The molecule has 9 heteroatoms. The smallest absolute Gasteiger partial charge is 0.231 e. The van der Waals surface area contributed by atoms with E-state index in [1.54, 1.807) is 0 Å². The molecule has 180 valence electrons. The molecule has 0 saturated carbocycles. The fourth-order valence-corrected chi connectivity index (χ4v) is 4.10. The van der Waals surface area contributed by atoms with E-state index >= 15 is 0 Å². The molecule has 0 bridgehead atoms. The van der Waals surface area contributed by atoms with Gasteiger partial charge in [-0.2, -0.15) is 9.97 Å². The van der Waals surface area contributed by atoms with Crippen molar-refractivity contribution in [2.75, 3.05) is 54.1 Å². The van der Waals surface area contributed by atoms with Crippen LogP contribution in [0.5, 0.6) is 0 Å². The number of nitrogens with zero attached hydrogens (tertiary/aromatic N) is 4. The van der Waals surface area contributed by atoms with Gasteiger partial charge < -0.3 is 30.7 Å². The minimum absolute atomic E-state index is 0.0256. The normalized spacial score (nSPS) is 14.2. The number of hydrogen-bond donors (Lipinski definition) is 4. The minimum atomic E-state index is -0.0256. The van der Waals surface area contributed by atoms with Crippen molar-refractivity contribution in [2.45, 2.75) is 13.3 Å². The van der Waals surface area contributed by atoms with Gasteiger partial charge in [0, 0.05) is 61.5 Å². The van der Waals surface area contributed by atoms with Crippen molar-refractivity contribution in [3.63, 3.8) is 0 Å². The molecule has 5 rings (SSSR count). The number of carbonyl (C=O) groups is 1. The summed E-state index contributed by atoms with van der Waals surface area (Å²) < 4.78 is 0. The van der Waals surface area contributed by atoms with Crippen LogP contribution in [-0.2, 0) is 4.79 Å². The Labute approximate surface area is 204 Å². The number of amides is 1. The fourth-order valence-electron chi connectivity index (χ4n) is 4.10. The summed E-state index contributed by atoms with van der Waals surface area (Å²) in [7, 11) is 2.16. The van der Waals surface area contributed by atoms with E-state index in [4.69, 9.17) is 4.98 Å². The molecule has 0 atom stereocenters. The number of likely N-dealkylation sites (N-methyl/N-ethyl adjacent to an activating group) is 1. The number of nitrogens with one attached hydrogen (secondary N) is 4. The fraction of sp³-hybridized carbons (Fsp3) is 0.269. The standard InChI is InChI=1S/C26H30N8O/c1-3-23(35)28-19-5-4-6-20(17-19)29-25-22-11-12-27-24(22)31-26(32-25)30-18-7-9-21(10-8-18)34-15-13-33(2)14-16-34/h4-12,17H,3,13-16H2,1-2H3,(H,28,35)(H3,27,29,30,31,32). The minimum Gasteiger partial charge on any atom is -0.369 e. The molecule has 0 spiro atoms. The average Bonchev–Trinajstić information content (AvgIpc) is 3.34. The first-order valence-electron chi connectivity index (χ1n) is 11.9. The maximum absolute atomic E-state index is 11.8. The molecule has 3 heterocycles. The number of H-pyrrole nitrogens is 1. The molecular weight excluding hydrogens is 440 g/mol. The van der Waals surface area contributed by atoms with Crippen molar-refractivity contribution in [1.29, 1.82) is 0 Å². The Balaban J connectivity index is 1.34. The van der Waals surface area contributed by atoms with E-state index in [0.717, 1.165) is 54.3 Å². The van der Waals surface area contributed by atoms with E-state index in [-0.39, 0.29) is 5.91 Å². The Morgan fingerprint density at radius 2 is 1.71 bits per heavy atom. The topological polar surface area (TPSA) is 101 Å². The maximum Gasteiger partial charge on any atom is 0.231 e. The van der Waals surface area contributed by atoms with Crippen LogP contribution in [0, 0.1) is 0 Å². The van der Waals surface area contributed by atoms with Gasteiger partial charge in [-0.25, -0.2) is 0 Å². The van der Waals surface area contributed by atoms with Crippen LogP contribution in [0.25, 0.3) is 11.0 Å². The van der Waals surface area contributed by atoms with Gasteiger partial charge in [-0.15, -0.1) is 0 Å². The summed E-state index contributed by atoms with van der Waals surface area (Å²) in [5, 5.41) is 10.5. The molecule has 1 aliphatic rings. The van der Waals surface area contributed by atoms with E-state index in [1.165, 1.54) is 5.69 Å². The van der Waals surface area contributed by atoms with Gasteiger partial charge in [0.25, 0.3) is 0 Å².